The quantitative estimate of drug-likeness (QED) is 0.173. The van der Waals surface area contributed by atoms with Gasteiger partial charge < -0.3 is 19.5 Å². The van der Waals surface area contributed by atoms with Crippen LogP contribution in [0.2, 0.25) is 0 Å². The van der Waals surface area contributed by atoms with E-state index in [0.717, 1.165) is 19.3 Å². The maximum atomic E-state index is 17.1. The van der Waals surface area contributed by atoms with E-state index < -0.39 is 28.5 Å². The first-order valence-electron chi connectivity index (χ1n) is 18.1. The molecule has 2 bridgehead atoms. The second kappa shape index (κ2) is 11.8. The normalized spacial score (nSPS) is 27.2. The number of aromatic hydroxyl groups is 1. The third-order valence-corrected chi connectivity index (χ3v) is 12.0. The number of phenolic OH excluding ortho intramolecular Hbond substituents is 1. The maximum Gasteiger partial charge on any atom is 0.410 e. The van der Waals surface area contributed by atoms with Crippen molar-refractivity contribution in [3.63, 3.8) is 0 Å². The van der Waals surface area contributed by atoms with Crippen LogP contribution >= 0.6 is 0 Å². The van der Waals surface area contributed by atoms with Crippen molar-refractivity contribution in [2.45, 2.75) is 82.0 Å². The van der Waals surface area contributed by atoms with E-state index in [-0.39, 0.29) is 82.2 Å². The molecule has 4 unspecified atom stereocenters. The van der Waals surface area contributed by atoms with Crippen LogP contribution in [-0.2, 0) is 4.74 Å². The Bertz CT molecular complexity index is 2230. The van der Waals surface area contributed by atoms with Gasteiger partial charge >= 0.3 is 12.1 Å². The van der Waals surface area contributed by atoms with Crippen molar-refractivity contribution in [3.8, 4) is 35.4 Å². The minimum absolute atomic E-state index is 0.0530. The smallest absolute Gasteiger partial charge is 0.410 e. The number of alkyl halides is 2. The summed E-state index contributed by atoms with van der Waals surface area (Å²) in [6.45, 7) is 5.43. The highest BCUT2D eigenvalue weighted by molar-refractivity contribution is 6.03. The maximum absolute atomic E-state index is 17.1. The summed E-state index contributed by atoms with van der Waals surface area (Å²) in [6, 6.07) is 4.84. The summed E-state index contributed by atoms with van der Waals surface area (Å²) < 4.78 is 73.0. The van der Waals surface area contributed by atoms with Gasteiger partial charge in [-0.15, -0.1) is 6.42 Å². The molecule has 276 valence electrons. The first-order valence-corrected chi connectivity index (χ1v) is 18.1. The average molecular weight is 731 g/mol. The lowest BCUT2D eigenvalue weighted by Crippen LogP contribution is -2.56. The van der Waals surface area contributed by atoms with Crippen LogP contribution in [0.4, 0.5) is 28.2 Å². The summed E-state index contributed by atoms with van der Waals surface area (Å²) in [5.41, 5.74) is -2.03. The summed E-state index contributed by atoms with van der Waals surface area (Å²) in [6.07, 6.45) is 9.69. The molecule has 5 fully saturated rings. The van der Waals surface area contributed by atoms with Crippen LogP contribution in [0.1, 0.15) is 57.9 Å². The number of nitrogens with zero attached hydrogens (tertiary/aromatic N) is 6. The van der Waals surface area contributed by atoms with E-state index in [9.17, 15) is 23.1 Å². The van der Waals surface area contributed by atoms with Gasteiger partial charge in [0, 0.05) is 43.2 Å². The van der Waals surface area contributed by atoms with E-state index in [1.54, 1.807) is 18.7 Å². The highest BCUT2D eigenvalue weighted by Gasteiger charge is 2.77. The SMILES string of the molecule is C#Cc1c(F)ccc2cc(O)cc(-c3ncc4c(N5CC6CCC(C5)N6C(=O)OC(C)C)nc(OCC56CCCN5CC5(C6)CC5(F)F)nc4c3F)c12. The van der Waals surface area contributed by atoms with Crippen LogP contribution in [0.25, 0.3) is 32.9 Å². The van der Waals surface area contributed by atoms with Gasteiger partial charge in [0.25, 0.3) is 5.92 Å². The van der Waals surface area contributed by atoms with Crippen molar-refractivity contribution in [2.24, 2.45) is 5.41 Å². The van der Waals surface area contributed by atoms with Crippen molar-refractivity contribution in [3.05, 3.63) is 47.7 Å². The molecule has 0 radical (unpaired) electrons. The number of carbonyl (C=O) groups is 1. The number of benzene rings is 2. The topological polar surface area (TPSA) is 104 Å². The second-order valence-electron chi connectivity index (χ2n) is 15.7. The molecule has 53 heavy (non-hydrogen) atoms. The Balaban J connectivity index is 1.14. The summed E-state index contributed by atoms with van der Waals surface area (Å²) >= 11 is 0. The zero-order valence-corrected chi connectivity index (χ0v) is 29.3. The molecule has 1 saturated carbocycles. The Labute approximate surface area is 303 Å². The molecule has 4 atom stereocenters. The lowest BCUT2D eigenvalue weighted by atomic mass is 9.89. The molecule has 10 nitrogen and oxygen atoms in total. The van der Waals surface area contributed by atoms with Crippen LogP contribution in [0.15, 0.2) is 30.5 Å². The number of phenols is 1. The van der Waals surface area contributed by atoms with Gasteiger partial charge in [0.05, 0.1) is 40.1 Å². The number of pyridine rings is 1. The Morgan fingerprint density at radius 2 is 1.89 bits per heavy atom. The van der Waals surface area contributed by atoms with Crippen LogP contribution in [0, 0.1) is 29.4 Å². The van der Waals surface area contributed by atoms with Crippen molar-refractivity contribution in [2.75, 3.05) is 37.7 Å². The number of halogens is 4. The number of amides is 1. The van der Waals surface area contributed by atoms with Gasteiger partial charge in [0.2, 0.25) is 0 Å². The number of aromatic nitrogens is 3. The molecule has 1 N–H and O–H groups in total. The van der Waals surface area contributed by atoms with Crippen LogP contribution < -0.4 is 9.64 Å². The fraction of sp³-hybridized carbons (Fsp3) is 0.487. The number of terminal acetylenes is 1. The summed E-state index contributed by atoms with van der Waals surface area (Å²) in [5, 5.41) is 11.5. The third-order valence-electron chi connectivity index (χ3n) is 12.0. The monoisotopic (exact) mass is 730 g/mol. The highest BCUT2D eigenvalue weighted by Crippen LogP contribution is 2.69. The van der Waals surface area contributed by atoms with Crippen molar-refractivity contribution in [1.29, 1.82) is 0 Å². The summed E-state index contributed by atoms with van der Waals surface area (Å²) in [5.74, 6) is -1.75. The Kier molecular flexibility index (Phi) is 7.55. The second-order valence-corrected chi connectivity index (χ2v) is 15.7. The Morgan fingerprint density at radius 3 is 2.58 bits per heavy atom. The predicted octanol–water partition coefficient (Wildman–Crippen LogP) is 6.65. The van der Waals surface area contributed by atoms with Crippen molar-refractivity contribution >= 4 is 33.6 Å². The molecular weight excluding hydrogens is 692 g/mol. The van der Waals surface area contributed by atoms with Crippen molar-refractivity contribution in [1.82, 2.24) is 24.8 Å². The molecule has 2 aromatic heterocycles. The van der Waals surface area contributed by atoms with E-state index >= 15 is 4.39 Å². The number of piperazine rings is 1. The number of rotatable bonds is 6. The van der Waals surface area contributed by atoms with E-state index in [1.807, 2.05) is 4.90 Å². The van der Waals surface area contributed by atoms with Gasteiger partial charge in [-0.2, -0.15) is 9.97 Å². The molecule has 1 amide bonds. The van der Waals surface area contributed by atoms with Crippen LogP contribution in [0.5, 0.6) is 11.8 Å². The standard InChI is InChI=1S/C39H38F4N6O4/c1-4-26-29(40)9-6-22-12-25(50)13-27(30(22)26)32-31(41)33-28(14-44-32)34(47-15-23-7-8-24(16-47)49(23)36(51)53-21(2)3)46-35(45-33)52-20-38-10-5-11-48(38)19-37(17-38)18-39(37,42)43/h1,6,9,12-14,21,23-24,50H,5,7-8,10-11,15-20H2,2-3H3. The van der Waals surface area contributed by atoms with Gasteiger partial charge in [-0.3, -0.25) is 14.8 Å². The molecule has 4 aliphatic heterocycles. The number of fused-ring (bicyclic) bond motifs is 5. The van der Waals surface area contributed by atoms with E-state index in [2.05, 4.69) is 20.8 Å². The highest BCUT2D eigenvalue weighted by atomic mass is 19.3. The molecule has 9 rings (SSSR count). The number of anilines is 1. The number of hydrogen-bond acceptors (Lipinski definition) is 9. The number of hydrogen-bond donors (Lipinski definition) is 1. The predicted molar refractivity (Wildman–Crippen MR) is 188 cm³/mol. The van der Waals surface area contributed by atoms with E-state index in [4.69, 9.17) is 20.9 Å². The van der Waals surface area contributed by atoms with Crippen molar-refractivity contribution < 1.29 is 36.9 Å². The molecule has 14 heteroatoms. The zero-order chi connectivity index (χ0) is 37.0. The molecule has 1 aliphatic carbocycles. The van der Waals surface area contributed by atoms with Gasteiger partial charge in [-0.25, -0.2) is 22.4 Å². The molecular formula is C39H38F4N6O4. The van der Waals surface area contributed by atoms with Gasteiger partial charge in [0.1, 0.15) is 35.2 Å². The largest absolute Gasteiger partial charge is 0.508 e. The van der Waals surface area contributed by atoms with Gasteiger partial charge in [-0.1, -0.05) is 12.0 Å². The zero-order valence-electron chi connectivity index (χ0n) is 29.3. The van der Waals surface area contributed by atoms with Gasteiger partial charge in [0.15, 0.2) is 5.82 Å². The Hall–Kier alpha value is -4.90. The first kappa shape index (κ1) is 33.9. The molecule has 6 heterocycles. The van der Waals surface area contributed by atoms with E-state index in [1.165, 1.54) is 30.5 Å². The molecule has 4 aromatic rings. The molecule has 4 saturated heterocycles. The summed E-state index contributed by atoms with van der Waals surface area (Å²) in [7, 11) is 0. The lowest BCUT2D eigenvalue weighted by Gasteiger charge is -2.41. The summed E-state index contributed by atoms with van der Waals surface area (Å²) in [4.78, 5) is 32.8. The first-order chi connectivity index (χ1) is 25.3. The van der Waals surface area contributed by atoms with E-state index in [0.29, 0.717) is 50.2 Å². The lowest BCUT2D eigenvalue weighted by molar-refractivity contribution is 0.0570. The minimum atomic E-state index is -2.70. The van der Waals surface area contributed by atoms with Gasteiger partial charge in [-0.05, 0) is 76.1 Å². The molecule has 1 spiro atoms. The third kappa shape index (κ3) is 5.25. The average Bonchev–Trinajstić information content (AvgIpc) is 3.38. The van der Waals surface area contributed by atoms with Crippen LogP contribution in [-0.4, -0.2) is 98.4 Å². The number of carbonyl (C=O) groups excluding carboxylic acids is 1. The number of ether oxygens (including phenoxy) is 2. The minimum Gasteiger partial charge on any atom is -0.508 e. The van der Waals surface area contributed by atoms with Crippen LogP contribution in [0.3, 0.4) is 0 Å². The molecule has 2 aromatic carbocycles. The fourth-order valence-electron chi connectivity index (χ4n) is 9.55. The Morgan fingerprint density at radius 1 is 1.13 bits per heavy atom. The molecule has 5 aliphatic rings. The fourth-order valence-corrected chi connectivity index (χ4v) is 9.55.